The summed E-state index contributed by atoms with van der Waals surface area (Å²) in [6, 6.07) is 1.75. The van der Waals surface area contributed by atoms with Crippen LogP contribution in [0.15, 0.2) is 37.0 Å². The van der Waals surface area contributed by atoms with E-state index in [0.717, 1.165) is 43.0 Å². The Labute approximate surface area is 182 Å². The normalized spacial score (nSPS) is 20.9. The van der Waals surface area contributed by atoms with Crippen LogP contribution in [0.4, 0.5) is 0 Å². The van der Waals surface area contributed by atoms with Crippen molar-refractivity contribution < 1.29 is 23.2 Å². The molecule has 3 heterocycles. The number of carbonyl (C=O) groups is 2. The number of thioether (sulfide) groups is 2. The molecule has 1 saturated carbocycles. The molecule has 0 radical (unpaired) electrons. The van der Waals surface area contributed by atoms with E-state index in [0.29, 0.717) is 39.3 Å². The van der Waals surface area contributed by atoms with Gasteiger partial charge >= 0.3 is 5.97 Å². The van der Waals surface area contributed by atoms with Crippen LogP contribution in [0.25, 0.3) is 11.5 Å². The van der Waals surface area contributed by atoms with Gasteiger partial charge < -0.3 is 18.9 Å². The molecule has 4 rings (SSSR count). The number of carbonyl (C=O) groups excluding carboxylic acids is 2. The van der Waals surface area contributed by atoms with Gasteiger partial charge in [-0.3, -0.25) is 4.79 Å². The van der Waals surface area contributed by atoms with E-state index >= 15 is 0 Å². The topological polar surface area (TPSA) is 107 Å². The highest BCUT2D eigenvalue weighted by atomic mass is 32.2. The number of hydrogen-bond acceptors (Lipinski definition) is 9. The quantitative estimate of drug-likeness (QED) is 0.497. The summed E-state index contributed by atoms with van der Waals surface area (Å²) in [6.07, 6.45) is 5.80. The third kappa shape index (κ3) is 4.44. The molecule has 1 aliphatic heterocycles. The van der Waals surface area contributed by atoms with Gasteiger partial charge in [-0.05, 0) is 32.8 Å². The second kappa shape index (κ2) is 9.30. The van der Waals surface area contributed by atoms with Crippen molar-refractivity contribution in [2.45, 2.75) is 50.0 Å². The zero-order chi connectivity index (χ0) is 21.1. The lowest BCUT2D eigenvalue weighted by molar-refractivity contribution is -0.139. The number of hydrogen-bond donors (Lipinski definition) is 1. The molecule has 0 bridgehead atoms. The van der Waals surface area contributed by atoms with Crippen LogP contribution >= 0.6 is 23.5 Å². The predicted octanol–water partition coefficient (Wildman–Crippen LogP) is 3.93. The van der Waals surface area contributed by atoms with Crippen LogP contribution in [0.3, 0.4) is 0 Å². The molecule has 30 heavy (non-hydrogen) atoms. The third-order valence-electron chi connectivity index (χ3n) is 5.16. The Bertz CT molecular complexity index is 967. The monoisotopic (exact) mass is 449 g/mol. The summed E-state index contributed by atoms with van der Waals surface area (Å²) in [5, 5.41) is 12.2. The Morgan fingerprint density at radius 3 is 2.93 bits per heavy atom. The van der Waals surface area contributed by atoms with Crippen molar-refractivity contribution in [2.24, 2.45) is 5.92 Å². The van der Waals surface area contributed by atoms with Gasteiger partial charge in [0.2, 0.25) is 5.91 Å². The number of furan rings is 1. The molecule has 1 fully saturated rings. The van der Waals surface area contributed by atoms with E-state index in [1.165, 1.54) is 0 Å². The first-order valence-electron chi connectivity index (χ1n) is 9.95. The molecule has 2 aromatic heterocycles. The van der Waals surface area contributed by atoms with Gasteiger partial charge in [-0.2, -0.15) is 0 Å². The molecule has 1 N–H and O–H groups in total. The van der Waals surface area contributed by atoms with Gasteiger partial charge in [0, 0.05) is 11.2 Å². The fourth-order valence-electron chi connectivity index (χ4n) is 3.77. The maximum absolute atomic E-state index is 12.6. The van der Waals surface area contributed by atoms with E-state index in [1.807, 2.05) is 6.92 Å². The lowest BCUT2D eigenvalue weighted by Gasteiger charge is -2.25. The largest absolute Gasteiger partial charge is 0.469 e. The predicted molar refractivity (Wildman–Crippen MR) is 113 cm³/mol. The van der Waals surface area contributed by atoms with Gasteiger partial charge in [-0.25, -0.2) is 4.79 Å². The number of rotatable bonds is 7. The van der Waals surface area contributed by atoms with E-state index < -0.39 is 0 Å². The number of nitrogens with one attached hydrogen (secondary N) is 1. The van der Waals surface area contributed by atoms with E-state index in [1.54, 1.807) is 31.0 Å². The average molecular weight is 450 g/mol. The zero-order valence-electron chi connectivity index (χ0n) is 16.8. The maximum atomic E-state index is 12.6. The molecular formula is C20H23N3O5S2. The molecule has 0 unspecified atom stereocenters. The van der Waals surface area contributed by atoms with Crippen LogP contribution in [0.1, 0.15) is 38.4 Å². The molecule has 1 amide bonds. The number of aromatic nitrogens is 2. The SMILES string of the molecule is CCOC(=O)C1=C(NC(=O)CSc2nnc(-c3ccoc3C)o2)S[C@H]2CCCC[C@@H]12. The van der Waals surface area contributed by atoms with Crippen molar-refractivity contribution in [1.82, 2.24) is 15.5 Å². The summed E-state index contributed by atoms with van der Waals surface area (Å²) >= 11 is 2.74. The van der Waals surface area contributed by atoms with Crippen molar-refractivity contribution in [2.75, 3.05) is 12.4 Å². The molecule has 0 saturated heterocycles. The summed E-state index contributed by atoms with van der Waals surface area (Å²) in [4.78, 5) is 25.1. The summed E-state index contributed by atoms with van der Waals surface area (Å²) in [5.74, 6) is 0.753. The van der Waals surface area contributed by atoms with E-state index in [4.69, 9.17) is 13.6 Å². The molecule has 10 heteroatoms. The Morgan fingerprint density at radius 2 is 2.17 bits per heavy atom. The van der Waals surface area contributed by atoms with E-state index in [9.17, 15) is 9.59 Å². The van der Waals surface area contributed by atoms with Crippen LogP contribution in [0, 0.1) is 12.8 Å². The Hall–Kier alpha value is -2.20. The molecule has 2 aliphatic rings. The number of amides is 1. The van der Waals surface area contributed by atoms with Crippen molar-refractivity contribution in [3.8, 4) is 11.5 Å². The van der Waals surface area contributed by atoms with Crippen molar-refractivity contribution in [1.29, 1.82) is 0 Å². The number of ether oxygens (including phenoxy) is 1. The zero-order valence-corrected chi connectivity index (χ0v) is 18.4. The van der Waals surface area contributed by atoms with Crippen LogP contribution in [0.2, 0.25) is 0 Å². The minimum absolute atomic E-state index is 0.0987. The molecule has 1 aliphatic carbocycles. The molecule has 0 spiro atoms. The number of fused-ring (bicyclic) bond motifs is 1. The standard InChI is InChI=1S/C20H23N3O5S2/c1-3-26-19(25)16-13-6-4-5-7-14(13)30-18(16)21-15(24)10-29-20-23-22-17(28-20)12-8-9-27-11(12)2/h8-9,13-14H,3-7,10H2,1-2H3,(H,21,24)/t13-,14+/m1/s1. The van der Waals surface area contributed by atoms with Gasteiger partial charge in [0.05, 0.1) is 34.8 Å². The van der Waals surface area contributed by atoms with Gasteiger partial charge in [0.25, 0.3) is 11.1 Å². The molecule has 0 aromatic carbocycles. The van der Waals surface area contributed by atoms with Crippen LogP contribution in [-0.4, -0.2) is 39.7 Å². The Morgan fingerprint density at radius 1 is 1.33 bits per heavy atom. The minimum Gasteiger partial charge on any atom is -0.469 e. The lowest BCUT2D eigenvalue weighted by Crippen LogP contribution is -2.26. The third-order valence-corrected chi connectivity index (χ3v) is 7.40. The summed E-state index contributed by atoms with van der Waals surface area (Å²) in [7, 11) is 0. The summed E-state index contributed by atoms with van der Waals surface area (Å²) < 4.78 is 16.1. The number of nitrogens with zero attached hydrogens (tertiary/aromatic N) is 2. The molecular weight excluding hydrogens is 426 g/mol. The Balaban J connectivity index is 1.40. The minimum atomic E-state index is -0.320. The van der Waals surface area contributed by atoms with Crippen LogP contribution in [0.5, 0.6) is 0 Å². The summed E-state index contributed by atoms with van der Waals surface area (Å²) in [6.45, 7) is 3.92. The van der Waals surface area contributed by atoms with E-state index in [2.05, 4.69) is 15.5 Å². The molecule has 2 aromatic rings. The fraction of sp³-hybridized carbons (Fsp3) is 0.500. The number of aryl methyl sites for hydroxylation is 1. The smallest absolute Gasteiger partial charge is 0.336 e. The lowest BCUT2D eigenvalue weighted by atomic mass is 9.84. The van der Waals surface area contributed by atoms with Gasteiger partial charge in [0.15, 0.2) is 0 Å². The van der Waals surface area contributed by atoms with Gasteiger partial charge in [-0.1, -0.05) is 24.6 Å². The highest BCUT2D eigenvalue weighted by Gasteiger charge is 2.41. The maximum Gasteiger partial charge on any atom is 0.336 e. The van der Waals surface area contributed by atoms with Gasteiger partial charge in [0.1, 0.15) is 5.76 Å². The highest BCUT2D eigenvalue weighted by molar-refractivity contribution is 8.04. The second-order valence-corrected chi connectivity index (χ2v) is 9.29. The molecule has 8 nitrogen and oxygen atoms in total. The van der Waals surface area contributed by atoms with Crippen molar-refractivity contribution in [3.63, 3.8) is 0 Å². The second-order valence-electron chi connectivity index (χ2n) is 7.11. The number of esters is 1. The molecule has 2 atom stereocenters. The Kier molecular flexibility index (Phi) is 6.52. The fourth-order valence-corrected chi connectivity index (χ4v) is 5.90. The first-order valence-corrected chi connectivity index (χ1v) is 11.8. The first kappa shape index (κ1) is 21.0. The highest BCUT2D eigenvalue weighted by Crippen LogP contribution is 2.48. The van der Waals surface area contributed by atoms with Crippen LogP contribution in [-0.2, 0) is 14.3 Å². The van der Waals surface area contributed by atoms with Crippen molar-refractivity contribution >= 4 is 35.4 Å². The van der Waals surface area contributed by atoms with E-state index in [-0.39, 0.29) is 23.5 Å². The molecule has 160 valence electrons. The summed E-state index contributed by atoms with van der Waals surface area (Å²) in [5.41, 5.74) is 1.36. The first-order chi connectivity index (χ1) is 14.6. The van der Waals surface area contributed by atoms with Gasteiger partial charge in [-0.15, -0.1) is 22.0 Å². The van der Waals surface area contributed by atoms with Crippen LogP contribution < -0.4 is 5.32 Å². The average Bonchev–Trinajstić information content (AvgIpc) is 3.44. The van der Waals surface area contributed by atoms with Crippen molar-refractivity contribution in [3.05, 3.63) is 28.7 Å².